The van der Waals surface area contributed by atoms with E-state index in [-0.39, 0.29) is 6.04 Å². The average molecular weight is 157 g/mol. The second-order valence-electron chi connectivity index (χ2n) is 3.11. The molecule has 1 N–H and O–H groups in total. The molecule has 2 atom stereocenters. The molecule has 2 unspecified atom stereocenters. The Hall–Kier alpha value is -0.410. The predicted octanol–water partition coefficient (Wildman–Crippen LogP) is 0.0305. The lowest BCUT2D eigenvalue weighted by molar-refractivity contribution is -0.115. The van der Waals surface area contributed by atoms with E-state index in [4.69, 9.17) is 0 Å². The number of carbonyl (C=O) groups is 1. The van der Waals surface area contributed by atoms with Crippen molar-refractivity contribution in [2.24, 2.45) is 0 Å². The minimum atomic E-state index is -0.536. The molecule has 0 radical (unpaired) electrons. The maximum absolute atomic E-state index is 10.5. The van der Waals surface area contributed by atoms with Crippen molar-refractivity contribution in [3.05, 3.63) is 0 Å². The zero-order valence-corrected chi connectivity index (χ0v) is 6.86. The number of likely N-dealkylation sites (tertiary alicyclic amines) is 1. The first-order valence-electron chi connectivity index (χ1n) is 4.13. The van der Waals surface area contributed by atoms with Gasteiger partial charge in [0.05, 0.1) is 12.1 Å². The smallest absolute Gasteiger partial charge is 0.139 e. The van der Waals surface area contributed by atoms with Crippen molar-refractivity contribution >= 4 is 6.29 Å². The first-order chi connectivity index (χ1) is 5.25. The molecule has 0 aromatic heterocycles. The van der Waals surface area contributed by atoms with Gasteiger partial charge in [-0.15, -0.1) is 0 Å². The molecular weight excluding hydrogens is 142 g/mol. The standard InChI is InChI=1S/C8H15NO2/c1-7(11)8(6-10)9-4-2-3-5-9/h6-8,11H,2-5H2,1H3. The first-order valence-corrected chi connectivity index (χ1v) is 4.13. The van der Waals surface area contributed by atoms with Crippen molar-refractivity contribution in [1.29, 1.82) is 0 Å². The van der Waals surface area contributed by atoms with E-state index < -0.39 is 6.10 Å². The van der Waals surface area contributed by atoms with Gasteiger partial charge < -0.3 is 9.90 Å². The Kier molecular flexibility index (Phi) is 3.02. The van der Waals surface area contributed by atoms with Crippen molar-refractivity contribution in [3.63, 3.8) is 0 Å². The van der Waals surface area contributed by atoms with Crippen LogP contribution in [0.3, 0.4) is 0 Å². The van der Waals surface area contributed by atoms with Gasteiger partial charge in [0.1, 0.15) is 6.29 Å². The third-order valence-corrected chi connectivity index (χ3v) is 2.20. The second-order valence-corrected chi connectivity index (χ2v) is 3.11. The summed E-state index contributed by atoms with van der Waals surface area (Å²) in [6.45, 7) is 3.57. The highest BCUT2D eigenvalue weighted by Crippen LogP contribution is 2.12. The summed E-state index contributed by atoms with van der Waals surface area (Å²) >= 11 is 0. The van der Waals surface area contributed by atoms with E-state index in [0.29, 0.717) is 0 Å². The molecule has 11 heavy (non-hydrogen) atoms. The molecule has 1 fully saturated rings. The Morgan fingerprint density at radius 2 is 2.00 bits per heavy atom. The van der Waals surface area contributed by atoms with E-state index in [9.17, 15) is 9.90 Å². The van der Waals surface area contributed by atoms with E-state index in [2.05, 4.69) is 0 Å². The molecule has 3 nitrogen and oxygen atoms in total. The van der Waals surface area contributed by atoms with Crippen LogP contribution in [-0.2, 0) is 4.79 Å². The summed E-state index contributed by atoms with van der Waals surface area (Å²) < 4.78 is 0. The molecule has 64 valence electrons. The van der Waals surface area contributed by atoms with Gasteiger partial charge in [0.2, 0.25) is 0 Å². The highest BCUT2D eigenvalue weighted by Gasteiger charge is 2.24. The molecule has 0 amide bonds. The van der Waals surface area contributed by atoms with Crippen LogP contribution in [0, 0.1) is 0 Å². The maximum atomic E-state index is 10.5. The Morgan fingerprint density at radius 3 is 2.36 bits per heavy atom. The number of rotatable bonds is 3. The highest BCUT2D eigenvalue weighted by atomic mass is 16.3. The van der Waals surface area contributed by atoms with E-state index in [1.165, 1.54) is 0 Å². The van der Waals surface area contributed by atoms with E-state index in [0.717, 1.165) is 32.2 Å². The topological polar surface area (TPSA) is 40.5 Å². The van der Waals surface area contributed by atoms with Crippen molar-refractivity contribution in [2.75, 3.05) is 13.1 Å². The van der Waals surface area contributed by atoms with Crippen molar-refractivity contribution in [3.8, 4) is 0 Å². The van der Waals surface area contributed by atoms with Crippen molar-refractivity contribution in [1.82, 2.24) is 4.90 Å². The number of hydrogen-bond donors (Lipinski definition) is 1. The number of nitrogens with zero attached hydrogens (tertiary/aromatic N) is 1. The van der Waals surface area contributed by atoms with Crippen molar-refractivity contribution in [2.45, 2.75) is 31.9 Å². The normalized spacial score (nSPS) is 24.9. The van der Waals surface area contributed by atoms with Gasteiger partial charge in [0.15, 0.2) is 0 Å². The molecule has 0 bridgehead atoms. The summed E-state index contributed by atoms with van der Waals surface area (Å²) in [7, 11) is 0. The lowest BCUT2D eigenvalue weighted by Crippen LogP contribution is -2.41. The maximum Gasteiger partial charge on any atom is 0.139 e. The van der Waals surface area contributed by atoms with Gasteiger partial charge in [0, 0.05) is 0 Å². The lowest BCUT2D eigenvalue weighted by atomic mass is 10.2. The number of hydrogen-bond acceptors (Lipinski definition) is 3. The number of carbonyl (C=O) groups excluding carboxylic acids is 1. The summed E-state index contributed by atoms with van der Waals surface area (Å²) in [6, 6.07) is -0.280. The molecule has 1 saturated heterocycles. The van der Waals surface area contributed by atoms with Crippen LogP contribution in [0.2, 0.25) is 0 Å². The van der Waals surface area contributed by atoms with Crippen LogP contribution in [-0.4, -0.2) is 41.5 Å². The van der Waals surface area contributed by atoms with Gasteiger partial charge in [-0.3, -0.25) is 4.90 Å². The van der Waals surface area contributed by atoms with E-state index >= 15 is 0 Å². The number of aliphatic hydroxyl groups excluding tert-OH is 1. The van der Waals surface area contributed by atoms with Crippen molar-refractivity contribution < 1.29 is 9.90 Å². The molecule has 1 heterocycles. The molecule has 0 aromatic rings. The van der Waals surface area contributed by atoms with Crippen LogP contribution < -0.4 is 0 Å². The fourth-order valence-electron chi connectivity index (χ4n) is 1.54. The Labute approximate surface area is 67.0 Å². The molecule has 0 aromatic carbocycles. The molecule has 1 rings (SSSR count). The molecule has 0 spiro atoms. The van der Waals surface area contributed by atoms with Gasteiger partial charge >= 0.3 is 0 Å². The van der Waals surface area contributed by atoms with Crippen LogP contribution in [0.4, 0.5) is 0 Å². The SMILES string of the molecule is CC(O)C(C=O)N1CCCC1. The van der Waals surface area contributed by atoms with Gasteiger partial charge in [0.25, 0.3) is 0 Å². The van der Waals surface area contributed by atoms with Crippen LogP contribution in [0.25, 0.3) is 0 Å². The minimum absolute atomic E-state index is 0.280. The monoisotopic (exact) mass is 157 g/mol. The minimum Gasteiger partial charge on any atom is -0.391 e. The Bertz CT molecular complexity index is 130. The Balaban J connectivity index is 2.46. The number of aliphatic hydroxyl groups is 1. The molecule has 1 aliphatic heterocycles. The first kappa shape index (κ1) is 8.68. The molecule has 0 saturated carbocycles. The molecule has 3 heteroatoms. The van der Waals surface area contributed by atoms with Gasteiger partial charge in [-0.1, -0.05) is 0 Å². The highest BCUT2D eigenvalue weighted by molar-refractivity contribution is 5.58. The third-order valence-electron chi connectivity index (χ3n) is 2.20. The summed E-state index contributed by atoms with van der Waals surface area (Å²) in [4.78, 5) is 12.6. The molecule has 0 aliphatic carbocycles. The average Bonchev–Trinajstić information content (AvgIpc) is 2.40. The third kappa shape index (κ3) is 2.01. The van der Waals surface area contributed by atoms with E-state index in [1.807, 2.05) is 4.90 Å². The van der Waals surface area contributed by atoms with Crippen LogP contribution in [0.5, 0.6) is 0 Å². The van der Waals surface area contributed by atoms with Gasteiger partial charge in [-0.25, -0.2) is 0 Å². The quantitative estimate of drug-likeness (QED) is 0.588. The van der Waals surface area contributed by atoms with Gasteiger partial charge in [-0.2, -0.15) is 0 Å². The summed E-state index contributed by atoms with van der Waals surface area (Å²) in [5.74, 6) is 0. The Morgan fingerprint density at radius 1 is 1.45 bits per heavy atom. The summed E-state index contributed by atoms with van der Waals surface area (Å²) in [6.07, 6.45) is 2.61. The van der Waals surface area contributed by atoms with Crippen LogP contribution in [0.15, 0.2) is 0 Å². The summed E-state index contributed by atoms with van der Waals surface area (Å²) in [5, 5.41) is 9.20. The van der Waals surface area contributed by atoms with Gasteiger partial charge in [-0.05, 0) is 32.9 Å². The zero-order chi connectivity index (χ0) is 8.27. The predicted molar refractivity (Wildman–Crippen MR) is 42.3 cm³/mol. The number of aldehydes is 1. The lowest BCUT2D eigenvalue weighted by Gasteiger charge is -2.24. The fraction of sp³-hybridized carbons (Fsp3) is 0.875. The van der Waals surface area contributed by atoms with Crippen LogP contribution >= 0.6 is 0 Å². The zero-order valence-electron chi connectivity index (χ0n) is 6.86. The van der Waals surface area contributed by atoms with Crippen LogP contribution in [0.1, 0.15) is 19.8 Å². The molecular formula is C8H15NO2. The summed E-state index contributed by atoms with van der Waals surface area (Å²) in [5.41, 5.74) is 0. The second kappa shape index (κ2) is 3.83. The molecule has 1 aliphatic rings. The van der Waals surface area contributed by atoms with E-state index in [1.54, 1.807) is 6.92 Å². The fourth-order valence-corrected chi connectivity index (χ4v) is 1.54. The largest absolute Gasteiger partial charge is 0.391 e.